The number of hydrogen-bond donors (Lipinski definition) is 2. The minimum Gasteiger partial charge on any atom is -0.389 e. The zero-order valence-electron chi connectivity index (χ0n) is 13.1. The molecule has 0 saturated carbocycles. The largest absolute Gasteiger partial charge is 0.389 e. The Morgan fingerprint density at radius 3 is 2.95 bits per heavy atom. The van der Waals surface area contributed by atoms with Crippen molar-refractivity contribution in [3.05, 3.63) is 0 Å². The third-order valence-corrected chi connectivity index (χ3v) is 3.75. The van der Waals surface area contributed by atoms with Gasteiger partial charge in [0.25, 0.3) is 0 Å². The van der Waals surface area contributed by atoms with E-state index in [0.29, 0.717) is 19.3 Å². The third-order valence-electron chi connectivity index (χ3n) is 3.75. The molecule has 0 aromatic rings. The maximum atomic E-state index is 9.77. The van der Waals surface area contributed by atoms with E-state index < -0.39 is 6.10 Å². The van der Waals surface area contributed by atoms with Gasteiger partial charge in [0.05, 0.1) is 18.8 Å². The molecule has 20 heavy (non-hydrogen) atoms. The monoisotopic (exact) mass is 287 g/mol. The van der Waals surface area contributed by atoms with Gasteiger partial charge in [0, 0.05) is 19.8 Å². The molecule has 0 aliphatic carbocycles. The van der Waals surface area contributed by atoms with Crippen LogP contribution in [0.2, 0.25) is 0 Å². The fourth-order valence-corrected chi connectivity index (χ4v) is 2.48. The number of hydrogen-bond acceptors (Lipinski definition) is 4. The van der Waals surface area contributed by atoms with Crippen molar-refractivity contribution in [2.24, 2.45) is 0 Å². The highest BCUT2D eigenvalue weighted by molar-refractivity contribution is 4.66. The summed E-state index contributed by atoms with van der Waals surface area (Å²) in [6.45, 7) is 5.86. The number of rotatable bonds is 12. The Labute approximate surface area is 124 Å². The molecule has 0 aromatic heterocycles. The smallest absolute Gasteiger partial charge is 0.0897 e. The van der Waals surface area contributed by atoms with Crippen LogP contribution in [-0.2, 0) is 9.47 Å². The highest BCUT2D eigenvalue weighted by atomic mass is 16.5. The van der Waals surface area contributed by atoms with E-state index in [4.69, 9.17) is 9.47 Å². The van der Waals surface area contributed by atoms with E-state index >= 15 is 0 Å². The summed E-state index contributed by atoms with van der Waals surface area (Å²) in [6, 6.07) is 0. The second-order valence-electron chi connectivity index (χ2n) is 5.77. The van der Waals surface area contributed by atoms with E-state index in [0.717, 1.165) is 32.6 Å². The van der Waals surface area contributed by atoms with Crippen molar-refractivity contribution in [1.29, 1.82) is 0 Å². The average molecular weight is 287 g/mol. The number of nitrogens with one attached hydrogen (secondary N) is 1. The number of ether oxygens (including phenoxy) is 2. The maximum absolute atomic E-state index is 9.77. The first kappa shape index (κ1) is 17.9. The van der Waals surface area contributed by atoms with Crippen LogP contribution in [-0.4, -0.2) is 50.2 Å². The molecule has 4 heteroatoms. The first-order valence-electron chi connectivity index (χ1n) is 8.41. The summed E-state index contributed by atoms with van der Waals surface area (Å²) < 4.78 is 11.1. The summed E-state index contributed by atoms with van der Waals surface area (Å²) in [6.07, 6.45) is 9.61. The topological polar surface area (TPSA) is 50.7 Å². The van der Waals surface area contributed by atoms with Crippen LogP contribution >= 0.6 is 0 Å². The third kappa shape index (κ3) is 9.70. The molecule has 120 valence electrons. The molecule has 1 aliphatic heterocycles. The van der Waals surface area contributed by atoms with Crippen LogP contribution in [0.3, 0.4) is 0 Å². The Kier molecular flexibility index (Phi) is 11.2. The van der Waals surface area contributed by atoms with Crippen LogP contribution in [0.5, 0.6) is 0 Å². The molecule has 2 N–H and O–H groups in total. The van der Waals surface area contributed by atoms with Crippen molar-refractivity contribution in [3.8, 4) is 0 Å². The molecule has 1 aliphatic rings. The second kappa shape index (κ2) is 12.6. The van der Waals surface area contributed by atoms with Crippen molar-refractivity contribution in [2.45, 2.75) is 70.5 Å². The normalized spacial score (nSPS) is 21.0. The van der Waals surface area contributed by atoms with E-state index in [9.17, 15) is 5.11 Å². The average Bonchev–Trinajstić information content (AvgIpc) is 2.48. The standard InChI is InChI=1S/C16H33NO3/c1-2-3-4-6-11-19-14-15(18)13-17-10-9-16-8-5-7-12-20-16/h15-18H,2-14H2,1H3. The molecule has 1 heterocycles. The second-order valence-corrected chi connectivity index (χ2v) is 5.77. The van der Waals surface area contributed by atoms with Gasteiger partial charge in [-0.05, 0) is 38.6 Å². The quantitative estimate of drug-likeness (QED) is 0.542. The number of aliphatic hydroxyl groups excluding tert-OH is 1. The van der Waals surface area contributed by atoms with Crippen molar-refractivity contribution in [2.75, 3.05) is 32.9 Å². The van der Waals surface area contributed by atoms with E-state index in [-0.39, 0.29) is 0 Å². The highest BCUT2D eigenvalue weighted by Crippen LogP contribution is 2.14. The van der Waals surface area contributed by atoms with Crippen molar-refractivity contribution < 1.29 is 14.6 Å². The lowest BCUT2D eigenvalue weighted by Crippen LogP contribution is -2.33. The molecule has 0 aromatic carbocycles. The number of aliphatic hydroxyl groups is 1. The predicted octanol–water partition coefficient (Wildman–Crippen LogP) is 2.49. The van der Waals surface area contributed by atoms with Gasteiger partial charge in [-0.3, -0.25) is 0 Å². The summed E-state index contributed by atoms with van der Waals surface area (Å²) in [5.41, 5.74) is 0. The van der Waals surface area contributed by atoms with Gasteiger partial charge in [-0.15, -0.1) is 0 Å². The fraction of sp³-hybridized carbons (Fsp3) is 1.00. The molecular formula is C16H33NO3. The lowest BCUT2D eigenvalue weighted by Gasteiger charge is -2.22. The summed E-state index contributed by atoms with van der Waals surface area (Å²) in [7, 11) is 0. The fourth-order valence-electron chi connectivity index (χ4n) is 2.48. The van der Waals surface area contributed by atoms with Gasteiger partial charge in [-0.2, -0.15) is 0 Å². The molecule has 0 bridgehead atoms. The Hall–Kier alpha value is -0.160. The van der Waals surface area contributed by atoms with Crippen LogP contribution in [0.25, 0.3) is 0 Å². The summed E-state index contributed by atoms with van der Waals surface area (Å²) in [4.78, 5) is 0. The zero-order chi connectivity index (χ0) is 14.5. The predicted molar refractivity (Wildman–Crippen MR) is 82.0 cm³/mol. The SMILES string of the molecule is CCCCCCOCC(O)CNCCC1CCCCO1. The van der Waals surface area contributed by atoms with Crippen molar-refractivity contribution >= 4 is 0 Å². The van der Waals surface area contributed by atoms with Crippen LogP contribution in [0.4, 0.5) is 0 Å². The first-order chi connectivity index (χ1) is 9.83. The molecule has 2 unspecified atom stereocenters. The molecule has 1 rings (SSSR count). The zero-order valence-corrected chi connectivity index (χ0v) is 13.1. The molecule has 2 atom stereocenters. The Morgan fingerprint density at radius 1 is 1.30 bits per heavy atom. The maximum Gasteiger partial charge on any atom is 0.0897 e. The molecule has 4 nitrogen and oxygen atoms in total. The van der Waals surface area contributed by atoms with Crippen molar-refractivity contribution in [3.63, 3.8) is 0 Å². The van der Waals surface area contributed by atoms with E-state index in [1.807, 2.05) is 0 Å². The van der Waals surface area contributed by atoms with Crippen LogP contribution in [0, 0.1) is 0 Å². The molecule has 1 fully saturated rings. The van der Waals surface area contributed by atoms with Gasteiger partial charge in [-0.1, -0.05) is 26.2 Å². The minimum atomic E-state index is -0.395. The summed E-state index contributed by atoms with van der Waals surface area (Å²) in [5, 5.41) is 13.1. The van der Waals surface area contributed by atoms with Crippen LogP contribution < -0.4 is 5.32 Å². The van der Waals surface area contributed by atoms with E-state index in [2.05, 4.69) is 12.2 Å². The minimum absolute atomic E-state index is 0.395. The van der Waals surface area contributed by atoms with E-state index in [1.54, 1.807) is 0 Å². The molecular weight excluding hydrogens is 254 g/mol. The lowest BCUT2D eigenvalue weighted by atomic mass is 10.1. The van der Waals surface area contributed by atoms with Crippen LogP contribution in [0.1, 0.15) is 58.3 Å². The van der Waals surface area contributed by atoms with Crippen LogP contribution in [0.15, 0.2) is 0 Å². The van der Waals surface area contributed by atoms with Gasteiger partial charge in [0.15, 0.2) is 0 Å². The number of unbranched alkanes of at least 4 members (excludes halogenated alkanes) is 3. The van der Waals surface area contributed by atoms with Gasteiger partial charge in [0.2, 0.25) is 0 Å². The lowest BCUT2D eigenvalue weighted by molar-refractivity contribution is 0.00955. The first-order valence-corrected chi connectivity index (χ1v) is 8.41. The van der Waals surface area contributed by atoms with E-state index in [1.165, 1.54) is 38.5 Å². The van der Waals surface area contributed by atoms with Gasteiger partial charge in [0.1, 0.15) is 0 Å². The summed E-state index contributed by atoms with van der Waals surface area (Å²) >= 11 is 0. The Bertz CT molecular complexity index is 208. The highest BCUT2D eigenvalue weighted by Gasteiger charge is 2.13. The Morgan fingerprint density at radius 2 is 2.20 bits per heavy atom. The Balaban J connectivity index is 1.83. The molecule has 0 spiro atoms. The molecule has 0 amide bonds. The van der Waals surface area contributed by atoms with Gasteiger partial charge < -0.3 is 19.9 Å². The van der Waals surface area contributed by atoms with Crippen molar-refractivity contribution in [1.82, 2.24) is 5.32 Å². The molecule has 0 radical (unpaired) electrons. The van der Waals surface area contributed by atoms with Gasteiger partial charge >= 0.3 is 0 Å². The molecule has 1 saturated heterocycles. The van der Waals surface area contributed by atoms with Gasteiger partial charge in [-0.25, -0.2) is 0 Å². The summed E-state index contributed by atoms with van der Waals surface area (Å²) in [5.74, 6) is 0.